The van der Waals surface area contributed by atoms with Crippen molar-refractivity contribution in [2.75, 3.05) is 46.1 Å². The van der Waals surface area contributed by atoms with E-state index in [1.165, 1.54) is 41.2 Å². The molecule has 0 radical (unpaired) electrons. The first-order valence-electron chi connectivity index (χ1n) is 22.5. The quantitative estimate of drug-likeness (QED) is 0.0556. The highest BCUT2D eigenvalue weighted by molar-refractivity contribution is 7.89. The highest BCUT2D eigenvalue weighted by Gasteiger charge is 2.38. The Bertz CT molecular complexity index is 2060. The standard InChI is InChI=1S/C19H27N3O8S.C15H21N3O6S.3C4H10/c1-19(2,3)30-18(24)21-11-9-13(10-12-21)16(17(23)29-4)20-31(27,28)15-7-5-14(6-8-15)22(25)26;1-24-14(19)13(10-6-8-18(9-7-10)15(20)21)17-25(22,23)12-4-2-11(16)3-5-12;3*1-4(2)3/h5-8,13,16,20H,9-12H2,1-4H3;2-5,10,13,17H,6-9,16H2,1H3,(H,20,21);3*4H,1-3H3. The molecule has 4 rings (SSSR count). The first-order chi connectivity index (χ1) is 31.3. The minimum Gasteiger partial charge on any atom is -0.468 e. The fourth-order valence-electron chi connectivity index (χ4n) is 5.96. The van der Waals surface area contributed by atoms with Gasteiger partial charge in [-0.1, -0.05) is 62.3 Å². The van der Waals surface area contributed by atoms with Gasteiger partial charge in [-0.25, -0.2) is 26.4 Å². The third-order valence-electron chi connectivity index (χ3n) is 8.97. The molecule has 0 aromatic heterocycles. The van der Waals surface area contributed by atoms with Crippen LogP contribution in [0.1, 0.15) is 109 Å². The summed E-state index contributed by atoms with van der Waals surface area (Å²) in [5, 5.41) is 19.8. The molecule has 0 bridgehead atoms. The SMILES string of the molecule is CC(C)C.CC(C)C.CC(C)C.COC(=O)C(NS(=O)(=O)c1ccc(N)cc1)C1CCN(C(=O)O)CC1.COC(=O)C(NS(=O)(=O)c1ccc([N+](=O)[O-])cc1)C1CCN(C(=O)OC(C)(C)C)CC1. The Morgan fingerprint density at radius 2 is 0.971 bits per heavy atom. The number of sulfonamides is 2. The zero-order valence-electron chi connectivity index (χ0n) is 42.3. The minimum absolute atomic E-state index is 0.0152. The van der Waals surface area contributed by atoms with Crippen molar-refractivity contribution in [1.29, 1.82) is 0 Å². The third kappa shape index (κ3) is 24.8. The van der Waals surface area contributed by atoms with Gasteiger partial charge in [0.15, 0.2) is 0 Å². The van der Waals surface area contributed by atoms with E-state index in [2.05, 4.69) is 71.8 Å². The summed E-state index contributed by atoms with van der Waals surface area (Å²) in [4.78, 5) is 60.3. The topological polar surface area (TPSA) is 284 Å². The highest BCUT2D eigenvalue weighted by Crippen LogP contribution is 2.26. The summed E-state index contributed by atoms with van der Waals surface area (Å²) in [5.41, 5.74) is 5.09. The van der Waals surface area contributed by atoms with Crippen molar-refractivity contribution in [2.24, 2.45) is 29.6 Å². The Balaban J connectivity index is 0.00000108. The summed E-state index contributed by atoms with van der Waals surface area (Å²) < 4.78 is 70.1. The zero-order chi connectivity index (χ0) is 52.7. The molecule has 2 aromatic rings. The van der Waals surface area contributed by atoms with Gasteiger partial charge in [0.2, 0.25) is 20.0 Å². The molecule has 22 heteroatoms. The summed E-state index contributed by atoms with van der Waals surface area (Å²) in [6.07, 6.45) is -0.0569. The summed E-state index contributed by atoms with van der Waals surface area (Å²) in [6, 6.07) is 7.69. The van der Waals surface area contributed by atoms with Crippen LogP contribution in [0, 0.1) is 39.7 Å². The Kier molecular flexibility index (Phi) is 27.5. The number of anilines is 1. The number of nitrogen functional groups attached to an aromatic ring is 1. The predicted octanol–water partition coefficient (Wildman–Crippen LogP) is 7.53. The zero-order valence-corrected chi connectivity index (χ0v) is 43.9. The monoisotopic (exact) mass is 1000 g/mol. The maximum absolute atomic E-state index is 12.7. The van der Waals surface area contributed by atoms with Gasteiger partial charge in [0.25, 0.3) is 5.69 Å². The molecule has 388 valence electrons. The van der Waals surface area contributed by atoms with Crippen molar-refractivity contribution in [3.05, 3.63) is 58.6 Å². The molecule has 5 N–H and O–H groups in total. The number of carboxylic acid groups (broad SMARTS) is 1. The van der Waals surface area contributed by atoms with Gasteiger partial charge in [0.1, 0.15) is 17.7 Å². The highest BCUT2D eigenvalue weighted by atomic mass is 32.2. The van der Waals surface area contributed by atoms with Crippen LogP contribution in [0.2, 0.25) is 0 Å². The van der Waals surface area contributed by atoms with Crippen LogP contribution in [0.5, 0.6) is 0 Å². The minimum atomic E-state index is -4.14. The van der Waals surface area contributed by atoms with Gasteiger partial charge in [0, 0.05) is 44.0 Å². The molecule has 2 atom stereocenters. The van der Waals surface area contributed by atoms with E-state index >= 15 is 0 Å². The van der Waals surface area contributed by atoms with E-state index < -0.39 is 72.7 Å². The fraction of sp³-hybridized carbons (Fsp3) is 0.652. The van der Waals surface area contributed by atoms with Gasteiger partial charge in [-0.15, -0.1) is 0 Å². The van der Waals surface area contributed by atoms with Gasteiger partial charge in [0.05, 0.1) is 28.9 Å². The van der Waals surface area contributed by atoms with Gasteiger partial charge >= 0.3 is 24.1 Å². The number of rotatable bonds is 11. The Morgan fingerprint density at radius 1 is 0.662 bits per heavy atom. The van der Waals surface area contributed by atoms with E-state index in [9.17, 15) is 46.1 Å². The lowest BCUT2D eigenvalue weighted by atomic mass is 9.90. The number of benzene rings is 2. The molecule has 2 aromatic carbocycles. The van der Waals surface area contributed by atoms with E-state index in [4.69, 9.17) is 25.1 Å². The molecule has 2 saturated heterocycles. The number of amides is 2. The van der Waals surface area contributed by atoms with Gasteiger partial charge in [-0.2, -0.15) is 9.44 Å². The van der Waals surface area contributed by atoms with Crippen LogP contribution in [-0.4, -0.2) is 119 Å². The number of methoxy groups -OCH3 is 2. The molecule has 2 aliphatic rings. The van der Waals surface area contributed by atoms with E-state index in [0.717, 1.165) is 49.1 Å². The maximum atomic E-state index is 12.7. The Morgan fingerprint density at radius 3 is 1.25 bits per heavy atom. The molecule has 0 spiro atoms. The average molecular weight is 1000 g/mol. The molecule has 20 nitrogen and oxygen atoms in total. The van der Waals surface area contributed by atoms with Crippen LogP contribution in [0.15, 0.2) is 58.3 Å². The first kappa shape index (κ1) is 62.9. The number of nitrogens with two attached hydrogens (primary N) is 1. The number of likely N-dealkylation sites (tertiary alicyclic amines) is 2. The second kappa shape index (κ2) is 29.7. The number of nitro benzene ring substituents is 1. The molecule has 0 saturated carbocycles. The van der Waals surface area contributed by atoms with Crippen molar-refractivity contribution < 1.29 is 60.3 Å². The molecule has 68 heavy (non-hydrogen) atoms. The number of carbonyl (C=O) groups is 4. The molecular weight excluding hydrogens is 925 g/mol. The van der Waals surface area contributed by atoms with Crippen LogP contribution in [0.4, 0.5) is 21.0 Å². The third-order valence-corrected chi connectivity index (χ3v) is 11.9. The van der Waals surface area contributed by atoms with Crippen LogP contribution >= 0.6 is 0 Å². The number of esters is 2. The number of non-ortho nitro benzene ring substituents is 1. The molecule has 2 heterocycles. The number of carbonyl (C=O) groups excluding carboxylic acids is 3. The Hall–Kier alpha value is -5.06. The fourth-order valence-corrected chi connectivity index (χ4v) is 8.46. The van der Waals surface area contributed by atoms with Crippen LogP contribution in [0.25, 0.3) is 0 Å². The van der Waals surface area contributed by atoms with E-state index in [-0.39, 0.29) is 34.5 Å². The number of piperidine rings is 2. The molecule has 2 fully saturated rings. The number of ether oxygens (including phenoxy) is 3. The van der Waals surface area contributed by atoms with E-state index in [0.29, 0.717) is 44.5 Å². The summed E-state index contributed by atoms with van der Waals surface area (Å²) in [7, 11) is -5.75. The number of nitrogens with one attached hydrogen (secondary N) is 2. The lowest BCUT2D eigenvalue weighted by Crippen LogP contribution is -2.51. The van der Waals surface area contributed by atoms with E-state index in [1.54, 1.807) is 20.8 Å². The van der Waals surface area contributed by atoms with Crippen molar-refractivity contribution in [3.8, 4) is 0 Å². The predicted molar refractivity (Wildman–Crippen MR) is 261 cm³/mol. The number of hydrogen-bond donors (Lipinski definition) is 4. The van der Waals surface area contributed by atoms with Gasteiger partial charge in [-0.3, -0.25) is 19.7 Å². The summed E-state index contributed by atoms with van der Waals surface area (Å²) in [6.45, 7) is 25.8. The number of hydrogen-bond acceptors (Lipinski definition) is 14. The van der Waals surface area contributed by atoms with Crippen molar-refractivity contribution >= 4 is 55.5 Å². The van der Waals surface area contributed by atoms with Crippen molar-refractivity contribution in [2.45, 2.75) is 136 Å². The maximum Gasteiger partial charge on any atom is 0.410 e. The number of nitrogens with zero attached hydrogens (tertiary/aromatic N) is 3. The number of nitro groups is 1. The molecular formula is C46H78N6O14S2. The lowest BCUT2D eigenvalue weighted by molar-refractivity contribution is -0.384. The molecule has 0 aliphatic carbocycles. The lowest BCUT2D eigenvalue weighted by Gasteiger charge is -2.35. The second-order valence-corrected chi connectivity index (χ2v) is 22.6. The molecule has 2 amide bonds. The summed E-state index contributed by atoms with van der Waals surface area (Å²) >= 11 is 0. The Labute approximate surface area is 404 Å². The van der Waals surface area contributed by atoms with E-state index in [1.807, 2.05) is 0 Å². The average Bonchev–Trinajstić information content (AvgIpc) is 3.23. The largest absolute Gasteiger partial charge is 0.468 e. The normalized spacial score (nSPS) is 15.4. The molecule has 2 aliphatic heterocycles. The second-order valence-electron chi connectivity index (χ2n) is 19.2. The van der Waals surface area contributed by atoms with Gasteiger partial charge in [-0.05, 0) is 112 Å². The van der Waals surface area contributed by atoms with Crippen LogP contribution in [0.3, 0.4) is 0 Å². The summed E-state index contributed by atoms with van der Waals surface area (Å²) in [5.74, 6) is 0.291. The van der Waals surface area contributed by atoms with Crippen LogP contribution < -0.4 is 15.2 Å². The van der Waals surface area contributed by atoms with Crippen LogP contribution in [-0.2, 0) is 43.8 Å². The molecule has 2 unspecified atom stereocenters. The van der Waals surface area contributed by atoms with Crippen molar-refractivity contribution in [3.63, 3.8) is 0 Å². The smallest absolute Gasteiger partial charge is 0.410 e. The first-order valence-corrected chi connectivity index (χ1v) is 25.5. The van der Waals surface area contributed by atoms with Gasteiger partial charge < -0.3 is 34.9 Å². The van der Waals surface area contributed by atoms with Crippen molar-refractivity contribution in [1.82, 2.24) is 19.2 Å².